The third-order valence-corrected chi connectivity index (χ3v) is 6.79. The van der Waals surface area contributed by atoms with Crippen molar-refractivity contribution in [3.05, 3.63) is 102 Å². The van der Waals surface area contributed by atoms with Gasteiger partial charge in [-0.15, -0.1) is 0 Å². The van der Waals surface area contributed by atoms with Gasteiger partial charge in [0, 0.05) is 26.0 Å². The zero-order chi connectivity index (χ0) is 28.1. The number of esters is 1. The Morgan fingerprint density at radius 1 is 0.895 bits per heavy atom. The summed E-state index contributed by atoms with van der Waals surface area (Å²) in [6, 6.07) is 19.2. The van der Waals surface area contributed by atoms with Gasteiger partial charge in [0.2, 0.25) is 0 Å². The summed E-state index contributed by atoms with van der Waals surface area (Å²) in [5.41, 5.74) is 8.01. The van der Waals surface area contributed by atoms with Crippen LogP contribution in [-0.2, 0) is 29.0 Å². The second kappa shape index (κ2) is 15.9. The molecule has 0 aromatic heterocycles. The molecule has 0 spiro atoms. The summed E-state index contributed by atoms with van der Waals surface area (Å²) in [4.78, 5) is 11.8. The molecule has 3 aromatic rings. The molecular weight excluding hydrogens is 727 g/mol. The SMILES string of the molecule is Nc1ccc(CCO)cc1I.O=C(/C=C(/Nc1ccc(CCO)cc1I)C(F)(F)F)OCc1ccccc1. The molecule has 0 atom stereocenters. The van der Waals surface area contributed by atoms with Gasteiger partial charge in [-0.05, 0) is 99.0 Å². The minimum atomic E-state index is -4.75. The summed E-state index contributed by atoms with van der Waals surface area (Å²) >= 11 is 4.07. The number of rotatable bonds is 9. The Hall–Kier alpha value is -2.36. The van der Waals surface area contributed by atoms with Crippen molar-refractivity contribution >= 4 is 62.5 Å². The van der Waals surface area contributed by atoms with E-state index < -0.39 is 17.8 Å². The van der Waals surface area contributed by atoms with E-state index in [9.17, 15) is 18.0 Å². The molecule has 0 aliphatic heterocycles. The van der Waals surface area contributed by atoms with E-state index in [1.807, 2.05) is 40.8 Å². The zero-order valence-electron chi connectivity index (χ0n) is 20.1. The van der Waals surface area contributed by atoms with Crippen LogP contribution in [0.15, 0.2) is 78.5 Å². The number of nitrogens with one attached hydrogen (secondary N) is 1. The number of allylic oxidation sites excluding steroid dienone is 1. The fourth-order valence-corrected chi connectivity index (χ4v) is 4.32. The van der Waals surface area contributed by atoms with Gasteiger partial charge in [-0.1, -0.05) is 42.5 Å². The summed E-state index contributed by atoms with van der Waals surface area (Å²) in [7, 11) is 0. The first-order valence-electron chi connectivity index (χ1n) is 11.3. The molecule has 0 unspecified atom stereocenters. The highest BCUT2D eigenvalue weighted by atomic mass is 127. The monoisotopic (exact) mass is 754 g/mol. The van der Waals surface area contributed by atoms with Gasteiger partial charge in [0.1, 0.15) is 12.3 Å². The summed E-state index contributed by atoms with van der Waals surface area (Å²) in [5.74, 6) is -1.09. The molecule has 11 heteroatoms. The minimum Gasteiger partial charge on any atom is -0.458 e. The highest BCUT2D eigenvalue weighted by Gasteiger charge is 2.35. The van der Waals surface area contributed by atoms with Crippen molar-refractivity contribution in [1.82, 2.24) is 0 Å². The summed E-state index contributed by atoms with van der Waals surface area (Å²) in [6.07, 6.45) is -3.24. The van der Waals surface area contributed by atoms with Crippen LogP contribution in [-0.4, -0.2) is 35.6 Å². The van der Waals surface area contributed by atoms with Crippen LogP contribution in [0.1, 0.15) is 16.7 Å². The predicted molar refractivity (Wildman–Crippen MR) is 158 cm³/mol. The third kappa shape index (κ3) is 11.2. The van der Waals surface area contributed by atoms with E-state index in [2.05, 4.69) is 27.9 Å². The molecule has 0 saturated carbocycles. The van der Waals surface area contributed by atoms with E-state index in [1.165, 1.54) is 6.07 Å². The molecule has 0 bridgehead atoms. The Kier molecular flexibility index (Phi) is 13.3. The van der Waals surface area contributed by atoms with Gasteiger partial charge in [0.05, 0.1) is 11.8 Å². The lowest BCUT2D eigenvalue weighted by molar-refractivity contribution is -0.140. The maximum absolute atomic E-state index is 13.3. The van der Waals surface area contributed by atoms with Gasteiger partial charge in [-0.25, -0.2) is 4.79 Å². The molecule has 0 radical (unpaired) electrons. The van der Waals surface area contributed by atoms with Crippen molar-refractivity contribution in [3.63, 3.8) is 0 Å². The van der Waals surface area contributed by atoms with Crippen LogP contribution in [0.3, 0.4) is 0 Å². The first-order chi connectivity index (χ1) is 18.0. The van der Waals surface area contributed by atoms with Crippen molar-refractivity contribution in [3.8, 4) is 0 Å². The Bertz CT molecular complexity index is 1220. The van der Waals surface area contributed by atoms with E-state index in [0.29, 0.717) is 28.1 Å². The Labute approximate surface area is 246 Å². The van der Waals surface area contributed by atoms with Crippen LogP contribution in [0.25, 0.3) is 0 Å². The average molecular weight is 754 g/mol. The third-order valence-electron chi connectivity index (χ3n) is 4.96. The van der Waals surface area contributed by atoms with E-state index >= 15 is 0 Å². The lowest BCUT2D eigenvalue weighted by Crippen LogP contribution is -2.21. The number of aliphatic hydroxyl groups excluding tert-OH is 2. The van der Waals surface area contributed by atoms with Crippen LogP contribution in [0.2, 0.25) is 0 Å². The second-order valence-corrected chi connectivity index (χ2v) is 10.2. The van der Waals surface area contributed by atoms with E-state index in [-0.39, 0.29) is 25.5 Å². The number of alkyl halides is 3. The molecule has 0 aliphatic rings. The highest BCUT2D eigenvalue weighted by Crippen LogP contribution is 2.29. The van der Waals surface area contributed by atoms with Crippen LogP contribution in [0, 0.1) is 7.14 Å². The van der Waals surface area contributed by atoms with Gasteiger partial charge in [-0.2, -0.15) is 13.2 Å². The fourth-order valence-electron chi connectivity index (χ4n) is 3.02. The number of benzene rings is 3. The molecule has 204 valence electrons. The van der Waals surface area contributed by atoms with E-state index in [1.54, 1.807) is 42.5 Å². The molecule has 0 heterocycles. The van der Waals surface area contributed by atoms with Crippen LogP contribution in [0.4, 0.5) is 24.5 Å². The Morgan fingerprint density at radius 3 is 2.00 bits per heavy atom. The lowest BCUT2D eigenvalue weighted by Gasteiger charge is -2.16. The smallest absolute Gasteiger partial charge is 0.431 e. The molecule has 38 heavy (non-hydrogen) atoms. The van der Waals surface area contributed by atoms with Crippen LogP contribution >= 0.6 is 45.2 Å². The van der Waals surface area contributed by atoms with Crippen molar-refractivity contribution < 1.29 is 32.9 Å². The topological polar surface area (TPSA) is 105 Å². The summed E-state index contributed by atoms with van der Waals surface area (Å²) < 4.78 is 46.3. The fraction of sp³-hybridized carbons (Fsp3) is 0.222. The maximum Gasteiger partial charge on any atom is 0.431 e. The standard InChI is InChI=1S/C19H17F3INO3.C8H10INO/c20-19(21,22)17(11-18(26)27-12-14-4-2-1-3-5-14)24-16-7-6-13(8-9-25)10-15(16)23;9-7-5-6(3-4-11)1-2-8(7)10/h1-7,10-11,24-25H,8-9,12H2;1-2,5,11H,3-4,10H2/b17-11+;. The Morgan fingerprint density at radius 2 is 1.47 bits per heavy atom. The van der Waals surface area contributed by atoms with E-state index in [0.717, 1.165) is 20.4 Å². The number of hydrogen-bond donors (Lipinski definition) is 4. The van der Waals surface area contributed by atoms with Crippen molar-refractivity contribution in [2.75, 3.05) is 24.3 Å². The minimum absolute atomic E-state index is 0.0518. The number of carbonyl (C=O) groups is 1. The van der Waals surface area contributed by atoms with Gasteiger partial charge in [-0.3, -0.25) is 0 Å². The number of aliphatic hydroxyl groups is 2. The normalized spacial score (nSPS) is 11.4. The molecule has 0 amide bonds. The van der Waals surface area contributed by atoms with Crippen LogP contribution in [0.5, 0.6) is 0 Å². The molecule has 3 rings (SSSR count). The average Bonchev–Trinajstić information content (AvgIpc) is 2.87. The van der Waals surface area contributed by atoms with E-state index in [4.69, 9.17) is 20.7 Å². The van der Waals surface area contributed by atoms with Crippen LogP contribution < -0.4 is 11.1 Å². The summed E-state index contributed by atoms with van der Waals surface area (Å²) in [5, 5.41) is 19.8. The van der Waals surface area contributed by atoms with Gasteiger partial charge < -0.3 is 26.0 Å². The number of nitrogen functional groups attached to an aromatic ring is 1. The number of ether oxygens (including phenoxy) is 1. The van der Waals surface area contributed by atoms with Gasteiger partial charge in [0.25, 0.3) is 0 Å². The lowest BCUT2D eigenvalue weighted by atomic mass is 10.1. The summed E-state index contributed by atoms with van der Waals surface area (Å²) in [6.45, 7) is 0.0263. The highest BCUT2D eigenvalue weighted by molar-refractivity contribution is 14.1. The maximum atomic E-state index is 13.3. The number of nitrogens with two attached hydrogens (primary N) is 1. The largest absolute Gasteiger partial charge is 0.458 e. The number of halogens is 5. The second-order valence-electron chi connectivity index (χ2n) is 7.89. The quantitative estimate of drug-likeness (QED) is 0.0949. The number of carbonyl (C=O) groups excluding carboxylic acids is 1. The van der Waals surface area contributed by atoms with Gasteiger partial charge in [0.15, 0.2) is 0 Å². The van der Waals surface area contributed by atoms with Gasteiger partial charge >= 0.3 is 12.1 Å². The molecule has 3 aromatic carbocycles. The van der Waals surface area contributed by atoms with Crippen molar-refractivity contribution in [1.29, 1.82) is 0 Å². The molecule has 6 nitrogen and oxygen atoms in total. The molecule has 0 fully saturated rings. The first kappa shape index (κ1) is 31.9. The molecule has 0 saturated heterocycles. The van der Waals surface area contributed by atoms with Crippen molar-refractivity contribution in [2.45, 2.75) is 25.6 Å². The number of hydrogen-bond acceptors (Lipinski definition) is 6. The predicted octanol–water partition coefficient (Wildman–Crippen LogP) is 5.84. The molecule has 0 aliphatic carbocycles. The zero-order valence-corrected chi connectivity index (χ0v) is 24.5. The number of anilines is 2. The van der Waals surface area contributed by atoms with Crippen molar-refractivity contribution in [2.24, 2.45) is 0 Å². The first-order valence-corrected chi connectivity index (χ1v) is 13.5. The Balaban J connectivity index is 0.000000384. The molecular formula is C27H27F3I2N2O4. The molecule has 5 N–H and O–H groups in total.